The standard InChI is InChI=1S/C31H32INO6/c1-3-38-26-15-20(14-21(32)31(26)39-17-19-12-10-18(2)11-13-19)28-29-22(6-4-8-24(29)34)33(16-27(36)37)23-7-5-9-25(35)30(23)28/h10-15,28H,3-9,16-17H2,1-2H3,(H,36,37). The van der Waals surface area contributed by atoms with E-state index in [4.69, 9.17) is 9.47 Å². The van der Waals surface area contributed by atoms with Crippen LogP contribution in [0.2, 0.25) is 0 Å². The number of carbonyl (C=O) groups is 3. The minimum absolute atomic E-state index is 0.0192. The second kappa shape index (κ2) is 11.5. The molecule has 0 saturated carbocycles. The van der Waals surface area contributed by atoms with E-state index in [1.165, 1.54) is 5.56 Å². The van der Waals surface area contributed by atoms with Gasteiger partial charge in [0.2, 0.25) is 0 Å². The number of nitrogens with zero attached hydrogens (tertiary/aromatic N) is 1. The maximum Gasteiger partial charge on any atom is 0.323 e. The van der Waals surface area contributed by atoms with Gasteiger partial charge in [-0.25, -0.2) is 0 Å². The molecule has 0 bridgehead atoms. The first-order chi connectivity index (χ1) is 18.8. The van der Waals surface area contributed by atoms with E-state index in [1.54, 1.807) is 4.90 Å². The molecule has 0 unspecified atom stereocenters. The molecular formula is C31H32INO6. The highest BCUT2D eigenvalue weighted by Gasteiger charge is 2.44. The predicted octanol–water partition coefficient (Wildman–Crippen LogP) is 6.08. The number of benzene rings is 2. The van der Waals surface area contributed by atoms with Crippen molar-refractivity contribution in [3.63, 3.8) is 0 Å². The molecule has 204 valence electrons. The number of ketones is 2. The second-order valence-electron chi connectivity index (χ2n) is 10.2. The Labute approximate surface area is 242 Å². The lowest BCUT2D eigenvalue weighted by atomic mass is 9.71. The topological polar surface area (TPSA) is 93.1 Å². The van der Waals surface area contributed by atoms with E-state index in [-0.39, 0.29) is 18.1 Å². The molecule has 8 heteroatoms. The van der Waals surface area contributed by atoms with Gasteiger partial charge in [-0.3, -0.25) is 14.4 Å². The Morgan fingerprint density at radius 2 is 1.59 bits per heavy atom. The third-order valence-electron chi connectivity index (χ3n) is 7.55. The molecule has 0 fully saturated rings. The molecule has 1 N–H and O–H groups in total. The molecule has 0 spiro atoms. The van der Waals surface area contributed by atoms with E-state index in [0.29, 0.717) is 74.4 Å². The molecule has 0 amide bonds. The van der Waals surface area contributed by atoms with E-state index in [9.17, 15) is 19.5 Å². The van der Waals surface area contributed by atoms with Gasteiger partial charge < -0.3 is 19.5 Å². The summed E-state index contributed by atoms with van der Waals surface area (Å²) in [5.41, 5.74) is 5.63. The molecule has 0 radical (unpaired) electrons. The number of hydrogen-bond donors (Lipinski definition) is 1. The van der Waals surface area contributed by atoms with Gasteiger partial charge in [0, 0.05) is 41.3 Å². The molecule has 39 heavy (non-hydrogen) atoms. The first kappa shape index (κ1) is 27.4. The van der Waals surface area contributed by atoms with Crippen molar-refractivity contribution in [1.82, 2.24) is 4.90 Å². The third kappa shape index (κ3) is 5.48. The van der Waals surface area contributed by atoms with Gasteiger partial charge in [0.25, 0.3) is 0 Å². The maximum absolute atomic E-state index is 13.4. The Bertz CT molecular complexity index is 1350. The Morgan fingerprint density at radius 3 is 2.15 bits per heavy atom. The van der Waals surface area contributed by atoms with Gasteiger partial charge in [0.1, 0.15) is 13.2 Å². The molecule has 0 aromatic heterocycles. The molecule has 7 nitrogen and oxygen atoms in total. The number of carboxylic acids is 1. The normalized spacial score (nSPS) is 17.8. The van der Waals surface area contributed by atoms with Gasteiger partial charge in [-0.2, -0.15) is 0 Å². The molecule has 0 saturated heterocycles. The van der Waals surface area contributed by atoms with E-state index in [0.717, 1.165) is 26.1 Å². The first-order valence-corrected chi connectivity index (χ1v) is 14.5. The Hall–Kier alpha value is -3.14. The molecule has 0 atom stereocenters. The zero-order valence-electron chi connectivity index (χ0n) is 22.2. The fraction of sp³-hybridized carbons (Fsp3) is 0.387. The van der Waals surface area contributed by atoms with Crippen molar-refractivity contribution in [2.24, 2.45) is 0 Å². The average molecular weight is 642 g/mol. The number of aliphatic carboxylic acids is 1. The summed E-state index contributed by atoms with van der Waals surface area (Å²) in [5.74, 6) is -0.372. The van der Waals surface area contributed by atoms with Crippen LogP contribution < -0.4 is 9.47 Å². The average Bonchev–Trinajstić information content (AvgIpc) is 2.90. The molecule has 2 aromatic rings. The first-order valence-electron chi connectivity index (χ1n) is 13.4. The van der Waals surface area contributed by atoms with Crippen molar-refractivity contribution in [3.8, 4) is 11.5 Å². The monoisotopic (exact) mass is 641 g/mol. The number of allylic oxidation sites excluding steroid dienone is 4. The van der Waals surface area contributed by atoms with Crippen LogP contribution in [-0.4, -0.2) is 40.7 Å². The number of ether oxygens (including phenoxy) is 2. The van der Waals surface area contributed by atoms with Crippen LogP contribution in [0.4, 0.5) is 0 Å². The molecule has 2 aromatic carbocycles. The minimum Gasteiger partial charge on any atom is -0.490 e. The lowest BCUT2D eigenvalue weighted by Gasteiger charge is -2.43. The Kier molecular flexibility index (Phi) is 8.11. The van der Waals surface area contributed by atoms with Crippen molar-refractivity contribution in [1.29, 1.82) is 0 Å². The zero-order chi connectivity index (χ0) is 27.7. The van der Waals surface area contributed by atoms with Crippen molar-refractivity contribution >= 4 is 40.1 Å². The van der Waals surface area contributed by atoms with Crippen molar-refractivity contribution in [2.45, 2.75) is 64.9 Å². The van der Waals surface area contributed by atoms with Gasteiger partial charge in [-0.05, 0) is 85.4 Å². The molecule has 1 heterocycles. The summed E-state index contributed by atoms with van der Waals surface area (Å²) < 4.78 is 13.1. The van der Waals surface area contributed by atoms with Crippen molar-refractivity contribution in [3.05, 3.63) is 79.2 Å². The van der Waals surface area contributed by atoms with E-state index in [1.807, 2.05) is 50.2 Å². The zero-order valence-corrected chi connectivity index (χ0v) is 24.4. The van der Waals surface area contributed by atoms with Crippen LogP contribution in [0.15, 0.2) is 58.9 Å². The number of aryl methyl sites for hydroxylation is 1. The third-order valence-corrected chi connectivity index (χ3v) is 8.35. The molecule has 5 rings (SSSR count). The summed E-state index contributed by atoms with van der Waals surface area (Å²) in [6, 6.07) is 12.0. The van der Waals surface area contributed by atoms with Gasteiger partial charge in [0.15, 0.2) is 23.1 Å². The maximum atomic E-state index is 13.4. The van der Waals surface area contributed by atoms with Crippen LogP contribution in [0, 0.1) is 10.5 Å². The van der Waals surface area contributed by atoms with Crippen LogP contribution in [0.1, 0.15) is 68.1 Å². The van der Waals surface area contributed by atoms with Crippen molar-refractivity contribution in [2.75, 3.05) is 13.2 Å². The van der Waals surface area contributed by atoms with Gasteiger partial charge >= 0.3 is 5.97 Å². The quantitative estimate of drug-likeness (QED) is 0.350. The van der Waals surface area contributed by atoms with Crippen LogP contribution >= 0.6 is 22.6 Å². The van der Waals surface area contributed by atoms with Crippen LogP contribution in [0.25, 0.3) is 0 Å². The smallest absolute Gasteiger partial charge is 0.323 e. The van der Waals surface area contributed by atoms with Gasteiger partial charge in [-0.15, -0.1) is 0 Å². The Morgan fingerprint density at radius 1 is 0.974 bits per heavy atom. The largest absolute Gasteiger partial charge is 0.490 e. The summed E-state index contributed by atoms with van der Waals surface area (Å²) in [5, 5.41) is 9.68. The van der Waals surface area contributed by atoms with Gasteiger partial charge in [0.05, 0.1) is 10.2 Å². The number of halogens is 1. The fourth-order valence-electron chi connectivity index (χ4n) is 5.87. The number of Topliss-reactive ketones (excluding diaryl/α,β-unsaturated/α-hetero) is 2. The van der Waals surface area contributed by atoms with Gasteiger partial charge in [-0.1, -0.05) is 29.8 Å². The lowest BCUT2D eigenvalue weighted by Crippen LogP contribution is -2.41. The summed E-state index contributed by atoms with van der Waals surface area (Å²) in [7, 11) is 0. The minimum atomic E-state index is -0.980. The summed E-state index contributed by atoms with van der Waals surface area (Å²) >= 11 is 2.23. The summed E-state index contributed by atoms with van der Waals surface area (Å²) in [6.07, 6.45) is 3.35. The van der Waals surface area contributed by atoms with Crippen molar-refractivity contribution < 1.29 is 29.0 Å². The highest BCUT2D eigenvalue weighted by atomic mass is 127. The number of rotatable bonds is 8. The van der Waals surface area contributed by atoms with Crippen LogP contribution in [0.3, 0.4) is 0 Å². The highest BCUT2D eigenvalue weighted by molar-refractivity contribution is 14.1. The SMILES string of the molecule is CCOc1cc(C2C3=C(CCCC3=O)N(CC(=O)O)C3=C2C(=O)CCC3)cc(I)c1OCc1ccc(C)cc1. The summed E-state index contributed by atoms with van der Waals surface area (Å²) in [4.78, 5) is 40.5. The molecule has 2 aliphatic carbocycles. The van der Waals surface area contributed by atoms with Crippen LogP contribution in [-0.2, 0) is 21.0 Å². The Balaban J connectivity index is 1.61. The highest BCUT2D eigenvalue weighted by Crippen LogP contribution is 2.50. The number of carbonyl (C=O) groups excluding carboxylic acids is 2. The van der Waals surface area contributed by atoms with E-state index < -0.39 is 11.9 Å². The van der Waals surface area contributed by atoms with Crippen LogP contribution in [0.5, 0.6) is 11.5 Å². The van der Waals surface area contributed by atoms with E-state index >= 15 is 0 Å². The molecule has 3 aliphatic rings. The fourth-order valence-corrected chi connectivity index (χ4v) is 6.65. The number of hydrogen-bond acceptors (Lipinski definition) is 6. The summed E-state index contributed by atoms with van der Waals surface area (Å²) in [6.45, 7) is 4.51. The van der Waals surface area contributed by atoms with E-state index in [2.05, 4.69) is 22.6 Å². The molecule has 1 aliphatic heterocycles. The predicted molar refractivity (Wildman–Crippen MR) is 155 cm³/mol. The lowest BCUT2D eigenvalue weighted by molar-refractivity contribution is -0.138. The molecular weight excluding hydrogens is 609 g/mol. The second-order valence-corrected chi connectivity index (χ2v) is 11.4. The number of carboxylic acid groups (broad SMARTS) is 1.